The van der Waals surface area contributed by atoms with Crippen molar-refractivity contribution < 1.29 is 4.79 Å². The van der Waals surface area contributed by atoms with E-state index in [1.807, 2.05) is 26.0 Å². The van der Waals surface area contributed by atoms with Crippen LogP contribution in [0.15, 0.2) is 24.3 Å². The van der Waals surface area contributed by atoms with Gasteiger partial charge in [0.2, 0.25) is 5.91 Å². The second kappa shape index (κ2) is 4.14. The van der Waals surface area contributed by atoms with E-state index in [4.69, 9.17) is 5.26 Å². The molecule has 1 rings (SSSR count). The van der Waals surface area contributed by atoms with Crippen molar-refractivity contribution in [3.8, 4) is 6.07 Å². The Morgan fingerprint density at radius 1 is 1.47 bits per heavy atom. The van der Waals surface area contributed by atoms with Crippen molar-refractivity contribution in [3.63, 3.8) is 0 Å². The van der Waals surface area contributed by atoms with Crippen LogP contribution in [0.3, 0.4) is 0 Å². The Kier molecular flexibility index (Phi) is 3.11. The second-order valence-corrected chi connectivity index (χ2v) is 4.00. The molecule has 78 valence electrons. The van der Waals surface area contributed by atoms with Gasteiger partial charge in [-0.2, -0.15) is 5.26 Å². The minimum absolute atomic E-state index is 0.0811. The summed E-state index contributed by atoms with van der Waals surface area (Å²) in [7, 11) is 0. The third kappa shape index (κ3) is 2.81. The van der Waals surface area contributed by atoms with E-state index in [1.54, 1.807) is 12.1 Å². The molecule has 1 amide bonds. The molecule has 0 saturated carbocycles. The van der Waals surface area contributed by atoms with E-state index in [-0.39, 0.29) is 5.91 Å². The molecule has 0 spiro atoms. The molecule has 0 atom stereocenters. The first-order valence-electron chi connectivity index (χ1n) is 4.75. The van der Waals surface area contributed by atoms with Gasteiger partial charge in [-0.05, 0) is 31.5 Å². The quantitative estimate of drug-likeness (QED) is 0.796. The lowest BCUT2D eigenvalue weighted by molar-refractivity contribution is -0.120. The van der Waals surface area contributed by atoms with Crippen LogP contribution in [-0.2, 0) is 10.3 Å². The molecule has 0 aliphatic carbocycles. The molecule has 15 heavy (non-hydrogen) atoms. The van der Waals surface area contributed by atoms with Gasteiger partial charge in [0.1, 0.15) is 0 Å². The van der Waals surface area contributed by atoms with Crippen molar-refractivity contribution in [2.45, 2.75) is 26.3 Å². The molecule has 0 fully saturated rings. The maximum absolute atomic E-state index is 11.0. The molecule has 0 heterocycles. The Bertz CT molecular complexity index is 416. The Labute approximate surface area is 89.7 Å². The Hall–Kier alpha value is -1.82. The van der Waals surface area contributed by atoms with E-state index in [2.05, 4.69) is 11.4 Å². The number of nitrogens with one attached hydrogen (secondary N) is 1. The third-order valence-corrected chi connectivity index (χ3v) is 2.20. The molecule has 3 heteroatoms. The summed E-state index contributed by atoms with van der Waals surface area (Å²) in [6.07, 6.45) is 0. The van der Waals surface area contributed by atoms with E-state index >= 15 is 0 Å². The first-order valence-corrected chi connectivity index (χ1v) is 4.75. The molecular formula is C12H14N2O. The number of rotatable bonds is 2. The SMILES string of the molecule is CC(=O)NC(C)(C)c1cccc(C#N)c1. The zero-order valence-electron chi connectivity index (χ0n) is 9.16. The number of benzene rings is 1. The molecule has 1 aromatic carbocycles. The van der Waals surface area contributed by atoms with Gasteiger partial charge in [-0.1, -0.05) is 12.1 Å². The molecule has 0 unspecified atom stereocenters. The van der Waals surface area contributed by atoms with Crippen molar-refractivity contribution in [3.05, 3.63) is 35.4 Å². The van der Waals surface area contributed by atoms with Crippen LogP contribution in [0.1, 0.15) is 31.9 Å². The lowest BCUT2D eigenvalue weighted by atomic mass is 9.93. The summed E-state index contributed by atoms with van der Waals surface area (Å²) in [5, 5.41) is 11.6. The number of hydrogen-bond acceptors (Lipinski definition) is 2. The van der Waals surface area contributed by atoms with Gasteiger partial charge in [0.15, 0.2) is 0 Å². The van der Waals surface area contributed by atoms with Gasteiger partial charge in [-0.15, -0.1) is 0 Å². The van der Waals surface area contributed by atoms with Gasteiger partial charge >= 0.3 is 0 Å². The second-order valence-electron chi connectivity index (χ2n) is 4.00. The topological polar surface area (TPSA) is 52.9 Å². The Balaban J connectivity index is 3.04. The number of hydrogen-bond donors (Lipinski definition) is 1. The fourth-order valence-corrected chi connectivity index (χ4v) is 1.49. The number of amides is 1. The molecular weight excluding hydrogens is 188 g/mol. The molecule has 0 aliphatic heterocycles. The molecule has 0 aliphatic rings. The predicted molar refractivity (Wildman–Crippen MR) is 58.0 cm³/mol. The van der Waals surface area contributed by atoms with Gasteiger partial charge in [0.05, 0.1) is 17.2 Å². The van der Waals surface area contributed by atoms with Gasteiger partial charge in [0, 0.05) is 6.92 Å². The minimum Gasteiger partial charge on any atom is -0.347 e. The van der Waals surface area contributed by atoms with Crippen LogP contribution < -0.4 is 5.32 Å². The maximum atomic E-state index is 11.0. The zero-order chi connectivity index (χ0) is 11.5. The summed E-state index contributed by atoms with van der Waals surface area (Å²) in [5.74, 6) is -0.0811. The first kappa shape index (κ1) is 11.3. The summed E-state index contributed by atoms with van der Waals surface area (Å²) >= 11 is 0. The number of nitriles is 1. The summed E-state index contributed by atoms with van der Waals surface area (Å²) in [5.41, 5.74) is 1.08. The molecule has 0 radical (unpaired) electrons. The van der Waals surface area contributed by atoms with Crippen molar-refractivity contribution in [2.75, 3.05) is 0 Å². The molecule has 0 aromatic heterocycles. The van der Waals surface area contributed by atoms with E-state index in [1.165, 1.54) is 6.92 Å². The van der Waals surface area contributed by atoms with E-state index < -0.39 is 5.54 Å². The van der Waals surface area contributed by atoms with Crippen molar-refractivity contribution >= 4 is 5.91 Å². The highest BCUT2D eigenvalue weighted by atomic mass is 16.1. The standard InChI is InChI=1S/C12H14N2O/c1-9(15)14-12(2,3)11-6-4-5-10(7-11)8-13/h4-7H,1-3H3,(H,14,15). The van der Waals surface area contributed by atoms with E-state index in [0.29, 0.717) is 5.56 Å². The van der Waals surface area contributed by atoms with Crippen LogP contribution in [0.2, 0.25) is 0 Å². The average Bonchev–Trinajstić information content (AvgIpc) is 2.16. The van der Waals surface area contributed by atoms with Gasteiger partial charge in [-0.3, -0.25) is 4.79 Å². The molecule has 0 bridgehead atoms. The average molecular weight is 202 g/mol. The van der Waals surface area contributed by atoms with Crippen LogP contribution in [0.5, 0.6) is 0 Å². The highest BCUT2D eigenvalue weighted by Gasteiger charge is 2.21. The Morgan fingerprint density at radius 3 is 2.67 bits per heavy atom. The maximum Gasteiger partial charge on any atom is 0.217 e. The van der Waals surface area contributed by atoms with Crippen LogP contribution in [0.4, 0.5) is 0 Å². The van der Waals surface area contributed by atoms with Gasteiger partial charge < -0.3 is 5.32 Å². The summed E-state index contributed by atoms with van der Waals surface area (Å²) in [6.45, 7) is 5.30. The molecule has 1 N–H and O–H groups in total. The zero-order valence-corrected chi connectivity index (χ0v) is 9.16. The summed E-state index contributed by atoms with van der Waals surface area (Å²) in [4.78, 5) is 11.0. The first-order chi connectivity index (χ1) is 6.95. The van der Waals surface area contributed by atoms with Crippen molar-refractivity contribution in [1.29, 1.82) is 5.26 Å². The predicted octanol–water partition coefficient (Wildman–Crippen LogP) is 1.93. The van der Waals surface area contributed by atoms with Crippen LogP contribution in [-0.4, -0.2) is 5.91 Å². The third-order valence-electron chi connectivity index (χ3n) is 2.20. The van der Waals surface area contributed by atoms with E-state index in [9.17, 15) is 4.79 Å². The smallest absolute Gasteiger partial charge is 0.217 e. The number of carbonyl (C=O) groups excluding carboxylic acids is 1. The highest BCUT2D eigenvalue weighted by Crippen LogP contribution is 2.20. The fraction of sp³-hybridized carbons (Fsp3) is 0.333. The summed E-state index contributed by atoms with van der Waals surface area (Å²) < 4.78 is 0. The lowest BCUT2D eigenvalue weighted by Crippen LogP contribution is -2.39. The number of nitrogens with zero attached hydrogens (tertiary/aromatic N) is 1. The van der Waals surface area contributed by atoms with Gasteiger partial charge in [0.25, 0.3) is 0 Å². The molecule has 3 nitrogen and oxygen atoms in total. The summed E-state index contributed by atoms with van der Waals surface area (Å²) in [6, 6.07) is 9.33. The van der Waals surface area contributed by atoms with Crippen LogP contribution in [0.25, 0.3) is 0 Å². The van der Waals surface area contributed by atoms with Crippen molar-refractivity contribution in [1.82, 2.24) is 5.32 Å². The monoisotopic (exact) mass is 202 g/mol. The fourth-order valence-electron chi connectivity index (χ4n) is 1.49. The largest absolute Gasteiger partial charge is 0.347 e. The van der Waals surface area contributed by atoms with Crippen LogP contribution in [0, 0.1) is 11.3 Å². The molecule has 0 saturated heterocycles. The Morgan fingerprint density at radius 2 is 2.13 bits per heavy atom. The normalized spacial score (nSPS) is 10.5. The lowest BCUT2D eigenvalue weighted by Gasteiger charge is -2.26. The molecule has 1 aromatic rings. The van der Waals surface area contributed by atoms with Crippen molar-refractivity contribution in [2.24, 2.45) is 0 Å². The highest BCUT2D eigenvalue weighted by molar-refractivity contribution is 5.74. The van der Waals surface area contributed by atoms with E-state index in [0.717, 1.165) is 5.56 Å². The van der Waals surface area contributed by atoms with Gasteiger partial charge in [-0.25, -0.2) is 0 Å². The minimum atomic E-state index is -0.446. The van der Waals surface area contributed by atoms with Crippen LogP contribution >= 0.6 is 0 Å². The number of carbonyl (C=O) groups is 1.